The second-order valence-corrected chi connectivity index (χ2v) is 3.31. The van der Waals surface area contributed by atoms with Crippen molar-refractivity contribution in [2.45, 2.75) is 6.92 Å². The second kappa shape index (κ2) is 4.44. The molecule has 1 heterocycles. The van der Waals surface area contributed by atoms with Crippen LogP contribution in [0.15, 0.2) is 6.20 Å². The van der Waals surface area contributed by atoms with Crippen molar-refractivity contribution in [1.82, 2.24) is 14.7 Å². The highest BCUT2D eigenvalue weighted by Gasteiger charge is 2.15. The number of carbonyl (C=O) groups is 2. The fourth-order valence-corrected chi connectivity index (χ4v) is 1.02. The van der Waals surface area contributed by atoms with Crippen LogP contribution in [0.25, 0.3) is 0 Å². The third kappa shape index (κ3) is 2.36. The summed E-state index contributed by atoms with van der Waals surface area (Å²) >= 11 is 0. The van der Waals surface area contributed by atoms with E-state index in [1.807, 2.05) is 6.07 Å². The number of anilines is 1. The third-order valence-electron chi connectivity index (χ3n) is 1.71. The van der Waals surface area contributed by atoms with Crippen LogP contribution in [0.4, 0.5) is 10.6 Å². The Hall–Kier alpha value is -2.36. The van der Waals surface area contributed by atoms with Gasteiger partial charge < -0.3 is 10.2 Å². The molecule has 0 aliphatic carbocycles. The summed E-state index contributed by atoms with van der Waals surface area (Å²) in [6.07, 6.45) is 1.27. The van der Waals surface area contributed by atoms with E-state index in [9.17, 15) is 9.59 Å². The number of amides is 2. The number of aromatic nitrogens is 2. The summed E-state index contributed by atoms with van der Waals surface area (Å²) in [6.45, 7) is 1.30. The summed E-state index contributed by atoms with van der Waals surface area (Å²) in [5, 5.41) is 15.0. The molecular weight excluding hydrogens is 210 g/mol. The van der Waals surface area contributed by atoms with Gasteiger partial charge in [0, 0.05) is 21.0 Å². The number of nitriles is 1. The van der Waals surface area contributed by atoms with Crippen molar-refractivity contribution in [3.05, 3.63) is 11.8 Å². The summed E-state index contributed by atoms with van der Waals surface area (Å²) in [6, 6.07) is 1.45. The zero-order valence-electron chi connectivity index (χ0n) is 9.18. The van der Waals surface area contributed by atoms with Gasteiger partial charge >= 0.3 is 6.03 Å². The van der Waals surface area contributed by atoms with E-state index in [1.165, 1.54) is 18.0 Å². The Balaban J connectivity index is 3.08. The van der Waals surface area contributed by atoms with E-state index < -0.39 is 6.03 Å². The molecule has 7 heteroatoms. The van der Waals surface area contributed by atoms with Crippen LogP contribution in [0.2, 0.25) is 0 Å². The first-order valence-corrected chi connectivity index (χ1v) is 4.44. The average molecular weight is 221 g/mol. The Kier molecular flexibility index (Phi) is 3.25. The predicted molar refractivity (Wildman–Crippen MR) is 55.7 cm³/mol. The molecule has 0 aromatic carbocycles. The summed E-state index contributed by atoms with van der Waals surface area (Å²) in [5.74, 6) is -0.260. The second-order valence-electron chi connectivity index (χ2n) is 3.31. The quantitative estimate of drug-likeness (QED) is 0.735. The molecule has 0 aliphatic heterocycles. The van der Waals surface area contributed by atoms with E-state index in [4.69, 9.17) is 5.26 Å². The summed E-state index contributed by atoms with van der Waals surface area (Å²) < 4.78 is 1.00. The molecule has 7 nitrogen and oxygen atoms in total. The fourth-order valence-electron chi connectivity index (χ4n) is 1.02. The first-order valence-electron chi connectivity index (χ1n) is 4.44. The molecule has 0 saturated carbocycles. The molecule has 0 radical (unpaired) electrons. The number of rotatable bonds is 1. The van der Waals surface area contributed by atoms with Crippen LogP contribution in [0, 0.1) is 11.3 Å². The van der Waals surface area contributed by atoms with E-state index in [2.05, 4.69) is 10.4 Å². The SMILES string of the molecule is CC(=O)Nc1nn(C(=O)N(C)C)cc1C#N. The zero-order valence-corrected chi connectivity index (χ0v) is 9.18. The monoisotopic (exact) mass is 221 g/mol. The average Bonchev–Trinajstić information content (AvgIpc) is 2.58. The standard InChI is InChI=1S/C9H11N5O2/c1-6(15)11-8-7(4-10)5-14(12-8)9(16)13(2)3/h5H,1-3H3,(H,11,12,15). The molecule has 0 spiro atoms. The molecule has 0 fully saturated rings. The van der Waals surface area contributed by atoms with E-state index in [-0.39, 0.29) is 17.3 Å². The lowest BCUT2D eigenvalue weighted by molar-refractivity contribution is -0.114. The molecule has 0 unspecified atom stereocenters. The van der Waals surface area contributed by atoms with Gasteiger partial charge in [-0.05, 0) is 0 Å². The largest absolute Gasteiger partial charge is 0.344 e. The minimum atomic E-state index is -0.395. The number of carbonyl (C=O) groups excluding carboxylic acids is 2. The van der Waals surface area contributed by atoms with Crippen molar-refractivity contribution in [2.75, 3.05) is 19.4 Å². The number of hydrogen-bond donors (Lipinski definition) is 1. The maximum absolute atomic E-state index is 11.5. The van der Waals surface area contributed by atoms with Crippen molar-refractivity contribution in [2.24, 2.45) is 0 Å². The Labute approximate surface area is 92.3 Å². The number of hydrogen-bond acceptors (Lipinski definition) is 4. The summed E-state index contributed by atoms with van der Waals surface area (Å²) in [4.78, 5) is 23.7. The molecule has 84 valence electrons. The van der Waals surface area contributed by atoms with Gasteiger partial charge in [-0.1, -0.05) is 0 Å². The molecule has 0 atom stereocenters. The lowest BCUT2D eigenvalue weighted by atomic mass is 10.3. The van der Waals surface area contributed by atoms with E-state index >= 15 is 0 Å². The van der Waals surface area contributed by atoms with Gasteiger partial charge in [0.25, 0.3) is 0 Å². The van der Waals surface area contributed by atoms with Crippen molar-refractivity contribution in [3.8, 4) is 6.07 Å². The fraction of sp³-hybridized carbons (Fsp3) is 0.333. The lowest BCUT2D eigenvalue weighted by Crippen LogP contribution is -2.27. The number of nitrogens with zero attached hydrogens (tertiary/aromatic N) is 4. The Morgan fingerprint density at radius 2 is 2.19 bits per heavy atom. The molecule has 1 N–H and O–H groups in total. The van der Waals surface area contributed by atoms with Crippen LogP contribution in [0.3, 0.4) is 0 Å². The summed E-state index contributed by atoms with van der Waals surface area (Å²) in [7, 11) is 3.13. The van der Waals surface area contributed by atoms with E-state index in [1.54, 1.807) is 14.1 Å². The lowest BCUT2D eigenvalue weighted by Gasteiger charge is -2.08. The topological polar surface area (TPSA) is 91.0 Å². The van der Waals surface area contributed by atoms with Crippen LogP contribution in [-0.2, 0) is 4.79 Å². The van der Waals surface area contributed by atoms with Gasteiger partial charge in [-0.15, -0.1) is 5.10 Å². The Morgan fingerprint density at radius 1 is 1.56 bits per heavy atom. The van der Waals surface area contributed by atoms with Crippen LogP contribution >= 0.6 is 0 Å². The smallest absolute Gasteiger partial charge is 0.329 e. The highest BCUT2D eigenvalue weighted by atomic mass is 16.2. The van der Waals surface area contributed by atoms with Crippen LogP contribution in [0.1, 0.15) is 12.5 Å². The molecule has 1 aromatic rings. The van der Waals surface area contributed by atoms with Crippen molar-refractivity contribution in [3.63, 3.8) is 0 Å². The minimum absolute atomic E-state index is 0.0881. The molecule has 0 bridgehead atoms. The molecular formula is C9H11N5O2. The molecule has 0 saturated heterocycles. The maximum atomic E-state index is 11.5. The Morgan fingerprint density at radius 3 is 2.62 bits per heavy atom. The van der Waals surface area contributed by atoms with Crippen LogP contribution in [-0.4, -0.2) is 40.7 Å². The highest BCUT2D eigenvalue weighted by molar-refractivity contribution is 5.89. The number of nitrogens with one attached hydrogen (secondary N) is 1. The van der Waals surface area contributed by atoms with Gasteiger partial charge in [-0.3, -0.25) is 4.79 Å². The van der Waals surface area contributed by atoms with Gasteiger partial charge in [-0.25, -0.2) is 4.79 Å². The van der Waals surface area contributed by atoms with Crippen LogP contribution < -0.4 is 5.32 Å². The maximum Gasteiger partial charge on any atom is 0.344 e. The third-order valence-corrected chi connectivity index (χ3v) is 1.71. The molecule has 0 aliphatic rings. The predicted octanol–water partition coefficient (Wildman–Crippen LogP) is 0.243. The molecule has 1 aromatic heterocycles. The first-order chi connectivity index (χ1) is 7.45. The zero-order chi connectivity index (χ0) is 12.3. The highest BCUT2D eigenvalue weighted by Crippen LogP contribution is 2.11. The van der Waals surface area contributed by atoms with Crippen molar-refractivity contribution >= 4 is 17.8 Å². The van der Waals surface area contributed by atoms with E-state index in [0.717, 1.165) is 4.68 Å². The first kappa shape index (κ1) is 11.7. The van der Waals surface area contributed by atoms with Crippen molar-refractivity contribution in [1.29, 1.82) is 5.26 Å². The molecule has 2 amide bonds. The molecule has 16 heavy (non-hydrogen) atoms. The molecule has 1 rings (SSSR count). The van der Waals surface area contributed by atoms with Gasteiger partial charge in [-0.2, -0.15) is 9.94 Å². The van der Waals surface area contributed by atoms with E-state index in [0.29, 0.717) is 0 Å². The van der Waals surface area contributed by atoms with Gasteiger partial charge in [0.2, 0.25) is 5.91 Å². The van der Waals surface area contributed by atoms with Crippen LogP contribution in [0.5, 0.6) is 0 Å². The van der Waals surface area contributed by atoms with Gasteiger partial charge in [0.1, 0.15) is 11.6 Å². The van der Waals surface area contributed by atoms with Crippen molar-refractivity contribution < 1.29 is 9.59 Å². The normalized spacial score (nSPS) is 9.38. The van der Waals surface area contributed by atoms with Gasteiger partial charge in [0.15, 0.2) is 5.82 Å². The van der Waals surface area contributed by atoms with Gasteiger partial charge in [0.05, 0.1) is 6.20 Å². The Bertz CT molecular complexity index is 469. The summed E-state index contributed by atoms with van der Waals surface area (Å²) in [5.41, 5.74) is 0.144. The minimum Gasteiger partial charge on any atom is -0.329 e.